The third-order valence-electron chi connectivity index (χ3n) is 1.90. The van der Waals surface area contributed by atoms with Crippen LogP contribution < -0.4 is 5.32 Å². The summed E-state index contributed by atoms with van der Waals surface area (Å²) < 4.78 is 5.05. The van der Waals surface area contributed by atoms with Gasteiger partial charge in [-0.1, -0.05) is 11.6 Å². The van der Waals surface area contributed by atoms with Crippen LogP contribution in [0.5, 0.6) is 5.75 Å². The maximum atomic E-state index is 9.21. The number of hydrogen-bond acceptors (Lipinski definition) is 4. The molecule has 0 saturated carbocycles. The van der Waals surface area contributed by atoms with Crippen LogP contribution in [-0.4, -0.2) is 10.1 Å². The van der Waals surface area contributed by atoms with Crippen LogP contribution in [0, 0.1) is 0 Å². The summed E-state index contributed by atoms with van der Waals surface area (Å²) in [6, 6.07) is 4.91. The molecular formula is C10H9ClN2O2. The van der Waals surface area contributed by atoms with Gasteiger partial charge in [0, 0.05) is 5.69 Å². The molecule has 0 aliphatic heterocycles. The first-order valence-corrected chi connectivity index (χ1v) is 4.73. The van der Waals surface area contributed by atoms with Crippen LogP contribution in [-0.2, 0) is 6.54 Å². The third-order valence-corrected chi connectivity index (χ3v) is 2.20. The number of anilines is 1. The van der Waals surface area contributed by atoms with E-state index in [0.29, 0.717) is 11.6 Å². The zero-order valence-electron chi connectivity index (χ0n) is 7.77. The predicted molar refractivity (Wildman–Crippen MR) is 56.9 cm³/mol. The monoisotopic (exact) mass is 224 g/mol. The number of phenols is 1. The zero-order valence-corrected chi connectivity index (χ0v) is 8.53. The largest absolute Gasteiger partial charge is 0.506 e. The Balaban J connectivity index is 2.02. The van der Waals surface area contributed by atoms with Gasteiger partial charge in [-0.25, -0.2) is 4.98 Å². The first-order valence-electron chi connectivity index (χ1n) is 4.35. The van der Waals surface area contributed by atoms with Crippen molar-refractivity contribution in [2.75, 3.05) is 5.32 Å². The van der Waals surface area contributed by atoms with E-state index in [0.717, 1.165) is 11.4 Å². The van der Waals surface area contributed by atoms with Crippen molar-refractivity contribution >= 4 is 17.3 Å². The number of hydrogen-bond donors (Lipinski definition) is 2. The Bertz CT molecular complexity index is 443. The van der Waals surface area contributed by atoms with E-state index in [9.17, 15) is 5.11 Å². The lowest BCUT2D eigenvalue weighted by Crippen LogP contribution is -1.97. The molecular weight excluding hydrogens is 216 g/mol. The molecule has 15 heavy (non-hydrogen) atoms. The summed E-state index contributed by atoms with van der Waals surface area (Å²) in [5.74, 6) is 0.807. The minimum atomic E-state index is 0.0712. The molecule has 0 saturated heterocycles. The number of benzene rings is 1. The normalized spacial score (nSPS) is 10.2. The van der Waals surface area contributed by atoms with Gasteiger partial charge < -0.3 is 14.8 Å². The van der Waals surface area contributed by atoms with Gasteiger partial charge in [0.15, 0.2) is 6.39 Å². The lowest BCUT2D eigenvalue weighted by Gasteiger charge is -2.05. The van der Waals surface area contributed by atoms with E-state index >= 15 is 0 Å². The first kappa shape index (κ1) is 9.86. The van der Waals surface area contributed by atoms with Crippen molar-refractivity contribution in [1.29, 1.82) is 0 Å². The fourth-order valence-electron chi connectivity index (χ4n) is 1.14. The summed E-state index contributed by atoms with van der Waals surface area (Å²) in [5.41, 5.74) is 0.814. The SMILES string of the molecule is Oc1ccc(NCc2cnco2)cc1Cl. The van der Waals surface area contributed by atoms with Crippen molar-refractivity contribution in [2.24, 2.45) is 0 Å². The van der Waals surface area contributed by atoms with Gasteiger partial charge in [-0.15, -0.1) is 0 Å². The second-order valence-corrected chi connectivity index (χ2v) is 3.39. The van der Waals surface area contributed by atoms with Crippen molar-refractivity contribution in [3.63, 3.8) is 0 Å². The Labute approximate surface area is 91.5 Å². The average Bonchev–Trinajstić information content (AvgIpc) is 2.73. The summed E-state index contributed by atoms with van der Waals surface area (Å²) in [4.78, 5) is 3.79. The predicted octanol–water partition coefficient (Wildman–Crippen LogP) is 2.65. The maximum absolute atomic E-state index is 9.21. The average molecular weight is 225 g/mol. The summed E-state index contributed by atoms with van der Waals surface area (Å²) in [7, 11) is 0. The molecule has 0 unspecified atom stereocenters. The van der Waals surface area contributed by atoms with Gasteiger partial charge in [0.2, 0.25) is 0 Å². The second kappa shape index (κ2) is 4.23. The van der Waals surface area contributed by atoms with Crippen LogP contribution >= 0.6 is 11.6 Å². The number of phenolic OH excluding ortho intramolecular Hbond substituents is 1. The number of nitrogens with one attached hydrogen (secondary N) is 1. The van der Waals surface area contributed by atoms with E-state index < -0.39 is 0 Å². The molecule has 0 radical (unpaired) electrons. The van der Waals surface area contributed by atoms with Crippen molar-refractivity contribution < 1.29 is 9.52 Å². The Kier molecular flexibility index (Phi) is 2.78. The van der Waals surface area contributed by atoms with Crippen LogP contribution in [0.25, 0.3) is 0 Å². The van der Waals surface area contributed by atoms with Gasteiger partial charge in [0.1, 0.15) is 11.5 Å². The van der Waals surface area contributed by atoms with Crippen molar-refractivity contribution in [2.45, 2.75) is 6.54 Å². The summed E-state index contributed by atoms with van der Waals surface area (Å²) in [6.45, 7) is 0.529. The summed E-state index contributed by atoms with van der Waals surface area (Å²) in [5, 5.41) is 12.6. The van der Waals surface area contributed by atoms with E-state index in [4.69, 9.17) is 16.0 Å². The highest BCUT2D eigenvalue weighted by molar-refractivity contribution is 6.32. The van der Waals surface area contributed by atoms with Gasteiger partial charge in [-0.05, 0) is 18.2 Å². The van der Waals surface area contributed by atoms with Crippen LogP contribution in [0.2, 0.25) is 5.02 Å². The minimum absolute atomic E-state index is 0.0712. The lowest BCUT2D eigenvalue weighted by molar-refractivity contribution is 0.475. The summed E-state index contributed by atoms with van der Waals surface area (Å²) in [6.07, 6.45) is 3.01. The molecule has 1 heterocycles. The standard InChI is InChI=1S/C10H9ClN2O2/c11-9-3-7(1-2-10(9)14)13-5-8-4-12-6-15-8/h1-4,6,13-14H,5H2. The number of nitrogens with zero attached hydrogens (tertiary/aromatic N) is 1. The van der Waals surface area contributed by atoms with Gasteiger partial charge in [-0.3, -0.25) is 0 Å². The highest BCUT2D eigenvalue weighted by Crippen LogP contribution is 2.26. The van der Waals surface area contributed by atoms with Crippen LogP contribution in [0.1, 0.15) is 5.76 Å². The molecule has 2 aromatic rings. The van der Waals surface area contributed by atoms with Crippen LogP contribution in [0.15, 0.2) is 35.2 Å². The molecule has 0 fully saturated rings. The second-order valence-electron chi connectivity index (χ2n) is 2.99. The molecule has 0 atom stereocenters. The minimum Gasteiger partial charge on any atom is -0.506 e. The topological polar surface area (TPSA) is 58.3 Å². The van der Waals surface area contributed by atoms with Gasteiger partial charge in [0.25, 0.3) is 0 Å². The molecule has 1 aromatic heterocycles. The Morgan fingerprint density at radius 1 is 1.47 bits per heavy atom. The molecule has 0 bridgehead atoms. The fraction of sp³-hybridized carbons (Fsp3) is 0.100. The number of rotatable bonds is 3. The molecule has 2 N–H and O–H groups in total. The molecule has 0 aliphatic rings. The van der Waals surface area contributed by atoms with E-state index in [1.807, 2.05) is 0 Å². The van der Waals surface area contributed by atoms with Crippen molar-refractivity contribution in [3.05, 3.63) is 41.6 Å². The Hall–Kier alpha value is -1.68. The van der Waals surface area contributed by atoms with Gasteiger partial charge >= 0.3 is 0 Å². The number of oxazole rings is 1. The summed E-state index contributed by atoms with van der Waals surface area (Å²) >= 11 is 5.75. The fourth-order valence-corrected chi connectivity index (χ4v) is 1.32. The third kappa shape index (κ3) is 2.41. The molecule has 78 valence electrons. The van der Waals surface area contributed by atoms with Crippen LogP contribution in [0.4, 0.5) is 5.69 Å². The van der Waals surface area contributed by atoms with E-state index in [-0.39, 0.29) is 5.75 Å². The van der Waals surface area contributed by atoms with Crippen LogP contribution in [0.3, 0.4) is 0 Å². The van der Waals surface area contributed by atoms with E-state index in [1.54, 1.807) is 18.3 Å². The highest BCUT2D eigenvalue weighted by atomic mass is 35.5. The Morgan fingerprint density at radius 2 is 2.33 bits per heavy atom. The van der Waals surface area contributed by atoms with Gasteiger partial charge in [0.05, 0.1) is 17.8 Å². The van der Waals surface area contributed by atoms with E-state index in [1.165, 1.54) is 12.5 Å². The quantitative estimate of drug-likeness (QED) is 0.787. The number of aromatic nitrogens is 1. The lowest BCUT2D eigenvalue weighted by atomic mass is 10.3. The molecule has 5 heteroatoms. The molecule has 1 aromatic carbocycles. The highest BCUT2D eigenvalue weighted by Gasteiger charge is 2.00. The zero-order chi connectivity index (χ0) is 10.7. The number of halogens is 1. The Morgan fingerprint density at radius 3 is 3.00 bits per heavy atom. The van der Waals surface area contributed by atoms with Gasteiger partial charge in [-0.2, -0.15) is 0 Å². The molecule has 4 nitrogen and oxygen atoms in total. The van der Waals surface area contributed by atoms with Crippen molar-refractivity contribution in [1.82, 2.24) is 4.98 Å². The smallest absolute Gasteiger partial charge is 0.180 e. The molecule has 2 rings (SSSR count). The van der Waals surface area contributed by atoms with E-state index in [2.05, 4.69) is 10.3 Å². The van der Waals surface area contributed by atoms with Crippen molar-refractivity contribution in [3.8, 4) is 5.75 Å². The molecule has 0 amide bonds. The maximum Gasteiger partial charge on any atom is 0.180 e. The molecule has 0 aliphatic carbocycles. The number of aromatic hydroxyl groups is 1. The first-order chi connectivity index (χ1) is 7.25. The molecule has 0 spiro atoms.